The Labute approximate surface area is 241 Å². The summed E-state index contributed by atoms with van der Waals surface area (Å²) >= 11 is 0. The maximum Gasteiger partial charge on any atom is 0.0553 e. The lowest BCUT2D eigenvalue weighted by atomic mass is 9.94. The molecule has 42 heavy (non-hydrogen) atoms. The zero-order chi connectivity index (χ0) is 27.4. The van der Waals surface area contributed by atoms with E-state index in [2.05, 4.69) is 155 Å². The molecule has 194 valence electrons. The molecular weight excluding hydrogens is 508 g/mol. The van der Waals surface area contributed by atoms with E-state index in [0.717, 1.165) is 0 Å². The topological polar surface area (TPSA) is 9.86 Å². The summed E-state index contributed by atoms with van der Waals surface area (Å²) in [6, 6.07) is 53.5. The van der Waals surface area contributed by atoms with Crippen LogP contribution in [-0.2, 0) is 0 Å². The second-order valence-corrected chi connectivity index (χ2v) is 11.4. The van der Waals surface area contributed by atoms with E-state index in [0.29, 0.717) is 0 Å². The Bertz CT molecular complexity index is 2420. The summed E-state index contributed by atoms with van der Waals surface area (Å²) in [6.07, 6.45) is 0. The van der Waals surface area contributed by atoms with E-state index in [-0.39, 0.29) is 0 Å². The van der Waals surface area contributed by atoms with E-state index in [1.807, 2.05) is 0 Å². The van der Waals surface area contributed by atoms with Gasteiger partial charge in [-0.25, -0.2) is 0 Å². The molecule has 0 spiro atoms. The molecule has 0 fully saturated rings. The number of para-hydroxylation sites is 2. The fourth-order valence-corrected chi connectivity index (χ4v) is 7.43. The maximum atomic E-state index is 2.43. The van der Waals surface area contributed by atoms with Crippen LogP contribution in [0.5, 0.6) is 0 Å². The van der Waals surface area contributed by atoms with Gasteiger partial charge in [-0.1, -0.05) is 84.9 Å². The van der Waals surface area contributed by atoms with Crippen molar-refractivity contribution < 1.29 is 0 Å². The van der Waals surface area contributed by atoms with Crippen molar-refractivity contribution in [2.45, 2.75) is 0 Å². The minimum absolute atomic E-state index is 1.19. The predicted octanol–water partition coefficient (Wildman–Crippen LogP) is 10.7. The van der Waals surface area contributed by atoms with Crippen molar-refractivity contribution in [1.29, 1.82) is 0 Å². The fraction of sp³-hybridized carbons (Fsp3) is 0. The van der Waals surface area contributed by atoms with Crippen molar-refractivity contribution in [3.63, 3.8) is 0 Å². The number of nitrogens with zero attached hydrogens (tertiary/aromatic N) is 2. The van der Waals surface area contributed by atoms with Crippen molar-refractivity contribution in [2.24, 2.45) is 0 Å². The van der Waals surface area contributed by atoms with Crippen LogP contribution in [0.2, 0.25) is 0 Å². The van der Waals surface area contributed by atoms with E-state index in [9.17, 15) is 0 Å². The molecule has 0 radical (unpaired) electrons. The van der Waals surface area contributed by atoms with Crippen molar-refractivity contribution in [1.82, 2.24) is 9.13 Å². The summed E-state index contributed by atoms with van der Waals surface area (Å²) in [5.41, 5.74) is 9.82. The summed E-state index contributed by atoms with van der Waals surface area (Å²) in [5.74, 6) is 0. The summed E-state index contributed by atoms with van der Waals surface area (Å²) < 4.78 is 4.87. The molecule has 0 atom stereocenters. The van der Waals surface area contributed by atoms with Gasteiger partial charge in [0.25, 0.3) is 0 Å². The van der Waals surface area contributed by atoms with Gasteiger partial charge < -0.3 is 9.13 Å². The Kier molecular flexibility index (Phi) is 4.21. The molecule has 2 heteroatoms. The van der Waals surface area contributed by atoms with Gasteiger partial charge >= 0.3 is 0 Å². The molecule has 0 N–H and O–H groups in total. The lowest BCUT2D eigenvalue weighted by Gasteiger charge is -2.12. The number of aromatic nitrogens is 2. The van der Waals surface area contributed by atoms with Crippen LogP contribution in [0.1, 0.15) is 0 Å². The van der Waals surface area contributed by atoms with Crippen molar-refractivity contribution in [3.8, 4) is 22.5 Å². The van der Waals surface area contributed by atoms with Gasteiger partial charge in [0.15, 0.2) is 0 Å². The first-order valence-corrected chi connectivity index (χ1v) is 14.5. The van der Waals surface area contributed by atoms with Crippen molar-refractivity contribution >= 4 is 65.2 Å². The maximum absolute atomic E-state index is 2.43. The summed E-state index contributed by atoms with van der Waals surface area (Å²) in [7, 11) is 0. The van der Waals surface area contributed by atoms with E-state index in [4.69, 9.17) is 0 Å². The van der Waals surface area contributed by atoms with Gasteiger partial charge in [-0.15, -0.1) is 0 Å². The van der Waals surface area contributed by atoms with Crippen LogP contribution in [0.15, 0.2) is 146 Å². The van der Waals surface area contributed by atoms with Crippen LogP contribution in [0, 0.1) is 0 Å². The molecule has 0 saturated heterocycles. The average Bonchev–Trinajstić information content (AvgIpc) is 3.57. The molecule has 0 aliphatic carbocycles. The summed E-state index contributed by atoms with van der Waals surface area (Å²) in [5, 5.41) is 10.5. The molecular formula is C40H24N2. The standard InChI is InChI=1S/C40H24N2/c1-3-11-31(12-4-1)41-33-15-7-9-25-17-19-27-21-29(23-35(41)39(27)37(25)33)30-22-28-20-18-26-10-8-16-34-38(26)40(28)36(24-30)42(34)32-13-5-2-6-14-32/h1-24H. The highest BCUT2D eigenvalue weighted by Crippen LogP contribution is 2.44. The molecule has 2 heterocycles. The second kappa shape index (κ2) is 7.99. The largest absolute Gasteiger partial charge is 0.309 e. The molecule has 8 aromatic carbocycles. The van der Waals surface area contributed by atoms with Gasteiger partial charge in [0.05, 0.1) is 22.1 Å². The van der Waals surface area contributed by atoms with Gasteiger partial charge in [-0.3, -0.25) is 0 Å². The van der Waals surface area contributed by atoms with Crippen LogP contribution in [0.4, 0.5) is 0 Å². The van der Waals surface area contributed by atoms with Gasteiger partial charge in [0.2, 0.25) is 0 Å². The third kappa shape index (κ3) is 2.83. The smallest absolute Gasteiger partial charge is 0.0553 e. The average molecular weight is 533 g/mol. The van der Waals surface area contributed by atoms with E-state index >= 15 is 0 Å². The zero-order valence-electron chi connectivity index (χ0n) is 22.8. The van der Waals surface area contributed by atoms with Crippen molar-refractivity contribution in [3.05, 3.63) is 146 Å². The van der Waals surface area contributed by atoms with Gasteiger partial charge in [0, 0.05) is 32.9 Å². The Morgan fingerprint density at radius 3 is 1.14 bits per heavy atom. The molecule has 2 aromatic heterocycles. The van der Waals surface area contributed by atoms with E-state index in [1.54, 1.807) is 0 Å². The highest BCUT2D eigenvalue weighted by molar-refractivity contribution is 6.27. The Balaban J connectivity index is 1.33. The molecule has 0 aliphatic rings. The quantitative estimate of drug-likeness (QED) is 0.200. The molecule has 2 nitrogen and oxygen atoms in total. The molecule has 10 aromatic rings. The Morgan fingerprint density at radius 2 is 0.690 bits per heavy atom. The summed E-state index contributed by atoms with van der Waals surface area (Å²) in [4.78, 5) is 0. The first kappa shape index (κ1) is 22.1. The van der Waals surface area contributed by atoms with Crippen LogP contribution in [-0.4, -0.2) is 9.13 Å². The molecule has 0 amide bonds. The molecule has 10 rings (SSSR count). The van der Waals surface area contributed by atoms with Gasteiger partial charge in [-0.05, 0) is 93.3 Å². The summed E-state index contributed by atoms with van der Waals surface area (Å²) in [6.45, 7) is 0. The molecule has 0 aliphatic heterocycles. The number of rotatable bonds is 3. The molecule has 0 saturated carbocycles. The first-order chi connectivity index (χ1) is 20.8. The van der Waals surface area contributed by atoms with Crippen LogP contribution in [0.25, 0.3) is 87.7 Å². The first-order valence-electron chi connectivity index (χ1n) is 14.5. The molecule has 0 unspecified atom stereocenters. The van der Waals surface area contributed by atoms with E-state index < -0.39 is 0 Å². The normalized spacial score (nSPS) is 12.3. The molecule has 0 bridgehead atoms. The minimum Gasteiger partial charge on any atom is -0.309 e. The monoisotopic (exact) mass is 532 g/mol. The second-order valence-electron chi connectivity index (χ2n) is 11.4. The Morgan fingerprint density at radius 1 is 0.286 bits per heavy atom. The number of benzene rings is 8. The third-order valence-corrected chi connectivity index (χ3v) is 9.16. The number of hydrogen-bond acceptors (Lipinski definition) is 0. The highest BCUT2D eigenvalue weighted by atomic mass is 15.0. The van der Waals surface area contributed by atoms with Gasteiger partial charge in [0.1, 0.15) is 0 Å². The third-order valence-electron chi connectivity index (χ3n) is 9.16. The Hall–Kier alpha value is -5.60. The lowest BCUT2D eigenvalue weighted by molar-refractivity contribution is 1.18. The SMILES string of the molecule is c1ccc(-n2c3cccc4ccc5cc(-c6cc7ccc8cccc9c8c7c(c6)n9-c6ccccc6)cc2c5c43)cc1. The van der Waals surface area contributed by atoms with Gasteiger partial charge in [-0.2, -0.15) is 0 Å². The zero-order valence-corrected chi connectivity index (χ0v) is 22.8. The minimum atomic E-state index is 1.19. The van der Waals surface area contributed by atoms with Crippen LogP contribution >= 0.6 is 0 Å². The van der Waals surface area contributed by atoms with Crippen LogP contribution < -0.4 is 0 Å². The van der Waals surface area contributed by atoms with E-state index in [1.165, 1.54) is 87.7 Å². The van der Waals surface area contributed by atoms with Crippen LogP contribution in [0.3, 0.4) is 0 Å². The lowest BCUT2D eigenvalue weighted by Crippen LogP contribution is -1.94. The number of hydrogen-bond donors (Lipinski definition) is 0. The highest BCUT2D eigenvalue weighted by Gasteiger charge is 2.20. The van der Waals surface area contributed by atoms with Crippen molar-refractivity contribution in [2.75, 3.05) is 0 Å². The fourth-order valence-electron chi connectivity index (χ4n) is 7.43. The predicted molar refractivity (Wildman–Crippen MR) is 178 cm³/mol.